The second kappa shape index (κ2) is 6.04. The summed E-state index contributed by atoms with van der Waals surface area (Å²) in [6, 6.07) is 8.60. The molecule has 0 saturated heterocycles. The van der Waals surface area contributed by atoms with Crippen LogP contribution in [0.4, 0.5) is 0 Å². The molecule has 0 radical (unpaired) electrons. The van der Waals surface area contributed by atoms with Gasteiger partial charge in [0.2, 0.25) is 0 Å². The van der Waals surface area contributed by atoms with Crippen LogP contribution in [0.3, 0.4) is 0 Å². The molecule has 0 saturated carbocycles. The van der Waals surface area contributed by atoms with Gasteiger partial charge in [-0.3, -0.25) is 9.78 Å². The van der Waals surface area contributed by atoms with Gasteiger partial charge >= 0.3 is 0 Å². The molecule has 1 aromatic carbocycles. The van der Waals surface area contributed by atoms with E-state index in [2.05, 4.69) is 4.98 Å². The van der Waals surface area contributed by atoms with Crippen molar-refractivity contribution >= 4 is 29.1 Å². The maximum Gasteiger partial charge on any atom is 0.255 e. The lowest BCUT2D eigenvalue weighted by Crippen LogP contribution is -2.26. The van der Waals surface area contributed by atoms with E-state index in [0.29, 0.717) is 22.2 Å². The molecule has 0 atom stereocenters. The maximum absolute atomic E-state index is 12.3. The van der Waals surface area contributed by atoms with Gasteiger partial charge in [0.05, 0.1) is 10.6 Å². The number of halogens is 2. The first kappa shape index (κ1) is 13.8. The number of carbonyl (C=O) groups excluding carboxylic acids is 1. The topological polar surface area (TPSA) is 33.2 Å². The molecule has 0 aliphatic rings. The largest absolute Gasteiger partial charge is 0.337 e. The van der Waals surface area contributed by atoms with Crippen LogP contribution in [0, 0.1) is 0 Å². The van der Waals surface area contributed by atoms with Crippen molar-refractivity contribution in [1.29, 1.82) is 0 Å². The molecular formula is C14H12Cl2N2O. The number of amides is 1. The van der Waals surface area contributed by atoms with Crippen LogP contribution in [0.1, 0.15) is 15.9 Å². The molecule has 5 heteroatoms. The summed E-state index contributed by atoms with van der Waals surface area (Å²) in [5, 5.41) is 0.868. The van der Waals surface area contributed by atoms with Gasteiger partial charge in [0.25, 0.3) is 5.91 Å². The number of hydrogen-bond acceptors (Lipinski definition) is 2. The number of hydrogen-bond donors (Lipinski definition) is 0. The Hall–Kier alpha value is -1.58. The standard InChI is InChI=1S/C14H12Cl2N2O/c1-18(9-10-3-2-6-17-8-10)14(19)12-5-4-11(15)7-13(12)16/h2-8H,9H2,1H3. The van der Waals surface area contributed by atoms with E-state index < -0.39 is 0 Å². The van der Waals surface area contributed by atoms with Gasteiger partial charge in [-0.25, -0.2) is 0 Å². The Labute approximate surface area is 121 Å². The Morgan fingerprint density at radius 3 is 2.74 bits per heavy atom. The van der Waals surface area contributed by atoms with E-state index in [9.17, 15) is 4.79 Å². The van der Waals surface area contributed by atoms with Crippen LogP contribution in [0.5, 0.6) is 0 Å². The second-order valence-electron chi connectivity index (χ2n) is 4.15. The van der Waals surface area contributed by atoms with Crippen molar-refractivity contribution in [2.75, 3.05) is 7.05 Å². The molecule has 0 aliphatic heterocycles. The highest BCUT2D eigenvalue weighted by atomic mass is 35.5. The van der Waals surface area contributed by atoms with Gasteiger partial charge in [-0.2, -0.15) is 0 Å². The summed E-state index contributed by atoms with van der Waals surface area (Å²) in [4.78, 5) is 17.9. The summed E-state index contributed by atoms with van der Waals surface area (Å²) in [6.07, 6.45) is 3.43. The predicted octanol–water partition coefficient (Wildman–Crippen LogP) is 3.66. The van der Waals surface area contributed by atoms with E-state index in [1.807, 2.05) is 12.1 Å². The lowest BCUT2D eigenvalue weighted by atomic mass is 10.2. The minimum atomic E-state index is -0.148. The van der Waals surface area contributed by atoms with Crippen LogP contribution < -0.4 is 0 Å². The van der Waals surface area contributed by atoms with E-state index in [-0.39, 0.29) is 5.91 Å². The minimum Gasteiger partial charge on any atom is -0.337 e. The smallest absolute Gasteiger partial charge is 0.255 e. The van der Waals surface area contributed by atoms with Gasteiger partial charge in [0.15, 0.2) is 0 Å². The van der Waals surface area contributed by atoms with Gasteiger partial charge in [-0.05, 0) is 29.8 Å². The molecular weight excluding hydrogens is 283 g/mol. The molecule has 0 unspecified atom stereocenters. The number of benzene rings is 1. The molecule has 19 heavy (non-hydrogen) atoms. The lowest BCUT2D eigenvalue weighted by Gasteiger charge is -2.17. The molecule has 3 nitrogen and oxygen atoms in total. The first-order chi connectivity index (χ1) is 9.08. The van der Waals surface area contributed by atoms with Crippen LogP contribution in [-0.4, -0.2) is 22.8 Å². The van der Waals surface area contributed by atoms with Gasteiger partial charge in [-0.1, -0.05) is 29.3 Å². The minimum absolute atomic E-state index is 0.148. The monoisotopic (exact) mass is 294 g/mol. The Bertz CT molecular complexity index is 587. The second-order valence-corrected chi connectivity index (χ2v) is 4.99. The van der Waals surface area contributed by atoms with Crippen LogP contribution in [0.25, 0.3) is 0 Å². The quantitative estimate of drug-likeness (QED) is 0.865. The highest BCUT2D eigenvalue weighted by Gasteiger charge is 2.15. The van der Waals surface area contributed by atoms with Crippen molar-refractivity contribution in [1.82, 2.24) is 9.88 Å². The number of rotatable bonds is 3. The first-order valence-corrected chi connectivity index (χ1v) is 6.43. The van der Waals surface area contributed by atoms with Crippen LogP contribution in [-0.2, 0) is 6.54 Å². The van der Waals surface area contributed by atoms with Gasteiger partial charge in [-0.15, -0.1) is 0 Å². The van der Waals surface area contributed by atoms with E-state index in [4.69, 9.17) is 23.2 Å². The zero-order chi connectivity index (χ0) is 13.8. The molecule has 0 N–H and O–H groups in total. The summed E-state index contributed by atoms with van der Waals surface area (Å²) in [5.74, 6) is -0.148. The number of pyridine rings is 1. The maximum atomic E-state index is 12.3. The molecule has 98 valence electrons. The average Bonchev–Trinajstić information content (AvgIpc) is 2.39. The molecule has 2 aromatic rings. The van der Waals surface area contributed by atoms with Crippen LogP contribution in [0.15, 0.2) is 42.7 Å². The third kappa shape index (κ3) is 3.46. The van der Waals surface area contributed by atoms with Crippen molar-refractivity contribution in [2.45, 2.75) is 6.54 Å². The van der Waals surface area contributed by atoms with Crippen molar-refractivity contribution in [3.8, 4) is 0 Å². The normalized spacial score (nSPS) is 10.3. The van der Waals surface area contributed by atoms with Gasteiger partial charge in [0, 0.05) is 31.0 Å². The van der Waals surface area contributed by atoms with Crippen molar-refractivity contribution in [2.24, 2.45) is 0 Å². The Balaban J connectivity index is 2.15. The summed E-state index contributed by atoms with van der Waals surface area (Å²) in [7, 11) is 1.72. The van der Waals surface area contributed by atoms with Gasteiger partial charge in [0.1, 0.15) is 0 Å². The van der Waals surface area contributed by atoms with E-state index >= 15 is 0 Å². The molecule has 1 aromatic heterocycles. The summed E-state index contributed by atoms with van der Waals surface area (Å²) in [6.45, 7) is 0.478. The van der Waals surface area contributed by atoms with Crippen LogP contribution in [0.2, 0.25) is 10.0 Å². The zero-order valence-electron chi connectivity index (χ0n) is 10.3. The molecule has 0 aliphatic carbocycles. The molecule has 1 amide bonds. The van der Waals surface area contributed by atoms with E-state index in [1.165, 1.54) is 0 Å². The fourth-order valence-corrected chi connectivity index (χ4v) is 2.20. The molecule has 2 rings (SSSR count). The molecule has 0 spiro atoms. The van der Waals surface area contributed by atoms with Crippen LogP contribution >= 0.6 is 23.2 Å². The van der Waals surface area contributed by atoms with Crippen molar-refractivity contribution < 1.29 is 4.79 Å². The summed E-state index contributed by atoms with van der Waals surface area (Å²) < 4.78 is 0. The SMILES string of the molecule is CN(Cc1cccnc1)C(=O)c1ccc(Cl)cc1Cl. The van der Waals surface area contributed by atoms with Crippen molar-refractivity contribution in [3.05, 3.63) is 63.9 Å². The number of nitrogens with zero attached hydrogens (tertiary/aromatic N) is 2. The van der Waals surface area contributed by atoms with Crippen molar-refractivity contribution in [3.63, 3.8) is 0 Å². The lowest BCUT2D eigenvalue weighted by molar-refractivity contribution is 0.0785. The average molecular weight is 295 g/mol. The first-order valence-electron chi connectivity index (χ1n) is 5.67. The molecule has 1 heterocycles. The number of aromatic nitrogens is 1. The number of carbonyl (C=O) groups is 1. The third-order valence-corrected chi connectivity index (χ3v) is 3.20. The van der Waals surface area contributed by atoms with E-state index in [1.54, 1.807) is 42.5 Å². The molecule has 0 fully saturated rings. The Kier molecular flexibility index (Phi) is 4.40. The fourth-order valence-electron chi connectivity index (χ4n) is 1.71. The third-order valence-electron chi connectivity index (χ3n) is 2.65. The highest BCUT2D eigenvalue weighted by molar-refractivity contribution is 6.36. The van der Waals surface area contributed by atoms with E-state index in [0.717, 1.165) is 5.56 Å². The predicted molar refractivity (Wildman–Crippen MR) is 76.5 cm³/mol. The highest BCUT2D eigenvalue weighted by Crippen LogP contribution is 2.22. The summed E-state index contributed by atoms with van der Waals surface area (Å²) in [5.41, 5.74) is 1.40. The zero-order valence-corrected chi connectivity index (χ0v) is 11.8. The Morgan fingerprint density at radius 1 is 1.32 bits per heavy atom. The molecule has 0 bridgehead atoms. The Morgan fingerprint density at radius 2 is 2.11 bits per heavy atom. The van der Waals surface area contributed by atoms with Gasteiger partial charge < -0.3 is 4.90 Å². The fraction of sp³-hybridized carbons (Fsp3) is 0.143. The summed E-state index contributed by atoms with van der Waals surface area (Å²) >= 11 is 11.8.